The molecule has 0 heterocycles. The highest BCUT2D eigenvalue weighted by Gasteiger charge is 2.12. The Bertz CT molecular complexity index is 426. The molecule has 1 aromatic rings. The highest BCUT2D eigenvalue weighted by molar-refractivity contribution is 5.92. The van der Waals surface area contributed by atoms with Crippen LogP contribution in [0, 0.1) is 5.92 Å². The van der Waals surface area contributed by atoms with E-state index in [0.29, 0.717) is 6.54 Å². The number of halogens is 2. The zero-order valence-corrected chi connectivity index (χ0v) is 15.5. The van der Waals surface area contributed by atoms with Gasteiger partial charge in [-0.2, -0.15) is 0 Å². The molecule has 1 rings (SSSR count). The molecule has 6 heteroatoms. The number of amides is 1. The molecule has 0 saturated heterocycles. The van der Waals surface area contributed by atoms with Crippen LogP contribution in [0.5, 0.6) is 0 Å². The van der Waals surface area contributed by atoms with Crippen molar-refractivity contribution in [2.24, 2.45) is 5.92 Å². The number of nitrogens with zero attached hydrogens (tertiary/aromatic N) is 1. The summed E-state index contributed by atoms with van der Waals surface area (Å²) in [5.41, 5.74) is 2.11. The van der Waals surface area contributed by atoms with Gasteiger partial charge in [0.1, 0.15) is 0 Å². The number of nitrogens with one attached hydrogen (secondary N) is 2. The Hall–Kier alpha value is -0.810. The molecule has 0 aliphatic rings. The van der Waals surface area contributed by atoms with E-state index in [1.165, 1.54) is 5.56 Å². The van der Waals surface area contributed by atoms with Crippen molar-refractivity contribution >= 4 is 36.4 Å². The molecule has 0 spiro atoms. The molecule has 0 aromatic heterocycles. The van der Waals surface area contributed by atoms with Gasteiger partial charge in [-0.25, -0.2) is 0 Å². The van der Waals surface area contributed by atoms with Crippen LogP contribution in [0.25, 0.3) is 0 Å². The van der Waals surface area contributed by atoms with E-state index in [0.717, 1.165) is 25.3 Å². The van der Waals surface area contributed by atoms with Crippen LogP contribution in [0.3, 0.4) is 0 Å². The second-order valence-corrected chi connectivity index (χ2v) is 5.11. The van der Waals surface area contributed by atoms with Gasteiger partial charge in [-0.3, -0.25) is 9.69 Å². The van der Waals surface area contributed by atoms with Crippen molar-refractivity contribution in [3.8, 4) is 0 Å². The maximum Gasteiger partial charge on any atom is 0.228 e. The van der Waals surface area contributed by atoms with Gasteiger partial charge in [0, 0.05) is 24.7 Å². The molecular formula is C16H29Cl2N3O. The smallest absolute Gasteiger partial charge is 0.228 e. The predicted octanol–water partition coefficient (Wildman–Crippen LogP) is 3.17. The van der Waals surface area contributed by atoms with Crippen LogP contribution < -0.4 is 10.6 Å². The van der Waals surface area contributed by atoms with Crippen molar-refractivity contribution in [3.63, 3.8) is 0 Å². The van der Waals surface area contributed by atoms with Crippen LogP contribution >= 0.6 is 24.8 Å². The number of benzene rings is 1. The minimum absolute atomic E-state index is 0. The molecule has 0 bridgehead atoms. The lowest BCUT2D eigenvalue weighted by Gasteiger charge is -2.18. The third kappa shape index (κ3) is 7.99. The Kier molecular flexibility index (Phi) is 13.5. The van der Waals surface area contributed by atoms with Gasteiger partial charge in [0.25, 0.3) is 0 Å². The second-order valence-electron chi connectivity index (χ2n) is 5.11. The first-order valence-corrected chi connectivity index (χ1v) is 7.37. The number of hydrogen-bond acceptors (Lipinski definition) is 3. The van der Waals surface area contributed by atoms with Crippen LogP contribution in [0.15, 0.2) is 24.3 Å². The van der Waals surface area contributed by atoms with Crippen LogP contribution in [0.1, 0.15) is 26.3 Å². The molecule has 2 N–H and O–H groups in total. The Morgan fingerprint density at radius 3 is 2.41 bits per heavy atom. The third-order valence-electron chi connectivity index (χ3n) is 3.45. The van der Waals surface area contributed by atoms with Gasteiger partial charge in [0.05, 0.1) is 0 Å². The quantitative estimate of drug-likeness (QED) is 0.757. The summed E-state index contributed by atoms with van der Waals surface area (Å²) in [6, 6.07) is 8.10. The molecular weight excluding hydrogens is 321 g/mol. The van der Waals surface area contributed by atoms with E-state index >= 15 is 0 Å². The van der Waals surface area contributed by atoms with E-state index in [1.54, 1.807) is 0 Å². The average Bonchev–Trinajstić information content (AvgIpc) is 2.45. The third-order valence-corrected chi connectivity index (χ3v) is 3.45. The summed E-state index contributed by atoms with van der Waals surface area (Å²) >= 11 is 0. The summed E-state index contributed by atoms with van der Waals surface area (Å²) in [7, 11) is 1.86. The van der Waals surface area contributed by atoms with Crippen molar-refractivity contribution in [1.29, 1.82) is 0 Å². The maximum atomic E-state index is 12.0. The summed E-state index contributed by atoms with van der Waals surface area (Å²) in [6.45, 7) is 9.92. The first kappa shape index (κ1) is 23.5. The Morgan fingerprint density at radius 1 is 1.23 bits per heavy atom. The van der Waals surface area contributed by atoms with Gasteiger partial charge in [-0.05, 0) is 37.8 Å². The zero-order valence-electron chi connectivity index (χ0n) is 13.9. The highest BCUT2D eigenvalue weighted by Crippen LogP contribution is 2.13. The lowest BCUT2D eigenvalue weighted by atomic mass is 10.1. The SMILES string of the molecule is CCN(CC)Cc1cccc(NC(=O)C(C)CNC)c1.Cl.Cl. The highest BCUT2D eigenvalue weighted by atomic mass is 35.5. The number of anilines is 1. The van der Waals surface area contributed by atoms with Crippen molar-refractivity contribution in [3.05, 3.63) is 29.8 Å². The van der Waals surface area contributed by atoms with Gasteiger partial charge in [0.2, 0.25) is 5.91 Å². The van der Waals surface area contributed by atoms with Crippen molar-refractivity contribution in [2.45, 2.75) is 27.3 Å². The van der Waals surface area contributed by atoms with Crippen molar-refractivity contribution in [1.82, 2.24) is 10.2 Å². The van der Waals surface area contributed by atoms with Gasteiger partial charge < -0.3 is 10.6 Å². The van der Waals surface area contributed by atoms with Gasteiger partial charge in [-0.1, -0.05) is 32.9 Å². The predicted molar refractivity (Wildman–Crippen MR) is 99.3 cm³/mol. The number of hydrogen-bond donors (Lipinski definition) is 2. The summed E-state index contributed by atoms with van der Waals surface area (Å²) in [5.74, 6) is 0.0192. The first-order chi connectivity index (χ1) is 9.60. The molecule has 22 heavy (non-hydrogen) atoms. The minimum Gasteiger partial charge on any atom is -0.326 e. The van der Waals surface area contributed by atoms with E-state index in [9.17, 15) is 4.79 Å². The van der Waals surface area contributed by atoms with E-state index in [4.69, 9.17) is 0 Å². The average molecular weight is 350 g/mol. The number of carbonyl (C=O) groups excluding carboxylic acids is 1. The first-order valence-electron chi connectivity index (χ1n) is 7.37. The van der Waals surface area contributed by atoms with Crippen LogP contribution in [-0.2, 0) is 11.3 Å². The molecule has 1 aromatic carbocycles. The van der Waals surface area contributed by atoms with Crippen LogP contribution in [0.4, 0.5) is 5.69 Å². The van der Waals surface area contributed by atoms with Gasteiger partial charge >= 0.3 is 0 Å². The minimum atomic E-state index is -0.0357. The molecule has 4 nitrogen and oxygen atoms in total. The second kappa shape index (κ2) is 12.7. The normalized spacial score (nSPS) is 11.3. The molecule has 1 atom stereocenters. The summed E-state index contributed by atoms with van der Waals surface area (Å²) in [5, 5.41) is 6.00. The van der Waals surface area contributed by atoms with Gasteiger partial charge in [0.15, 0.2) is 0 Å². The molecule has 1 amide bonds. The topological polar surface area (TPSA) is 44.4 Å². The molecule has 128 valence electrons. The Labute approximate surface area is 146 Å². The zero-order chi connectivity index (χ0) is 15.0. The molecule has 1 unspecified atom stereocenters. The number of carbonyl (C=O) groups is 1. The molecule has 0 saturated carbocycles. The van der Waals surface area contributed by atoms with E-state index in [-0.39, 0.29) is 36.6 Å². The molecule has 0 aliphatic carbocycles. The fraction of sp³-hybridized carbons (Fsp3) is 0.562. The van der Waals surface area contributed by atoms with Gasteiger partial charge in [-0.15, -0.1) is 24.8 Å². The Morgan fingerprint density at radius 2 is 1.86 bits per heavy atom. The summed E-state index contributed by atoms with van der Waals surface area (Å²) in [4.78, 5) is 14.3. The van der Waals surface area contributed by atoms with E-state index in [2.05, 4.69) is 41.5 Å². The van der Waals surface area contributed by atoms with E-state index in [1.807, 2.05) is 26.1 Å². The lowest BCUT2D eigenvalue weighted by molar-refractivity contribution is -0.119. The maximum absolute atomic E-state index is 12.0. The summed E-state index contributed by atoms with van der Waals surface area (Å²) in [6.07, 6.45) is 0. The monoisotopic (exact) mass is 349 g/mol. The fourth-order valence-corrected chi connectivity index (χ4v) is 2.12. The van der Waals surface area contributed by atoms with E-state index < -0.39 is 0 Å². The molecule has 0 fully saturated rings. The van der Waals surface area contributed by atoms with Crippen LogP contribution in [0.2, 0.25) is 0 Å². The molecule has 0 radical (unpaired) electrons. The van der Waals surface area contributed by atoms with Crippen molar-refractivity contribution in [2.75, 3.05) is 32.0 Å². The van der Waals surface area contributed by atoms with Crippen LogP contribution in [-0.4, -0.2) is 37.5 Å². The molecule has 0 aliphatic heterocycles. The standard InChI is InChI=1S/C16H27N3O.2ClH/c1-5-19(6-2)12-14-8-7-9-15(10-14)18-16(20)13(3)11-17-4;;/h7-10,13,17H,5-6,11-12H2,1-4H3,(H,18,20);2*1H. The Balaban J connectivity index is 0. The lowest BCUT2D eigenvalue weighted by Crippen LogP contribution is -2.28. The fourth-order valence-electron chi connectivity index (χ4n) is 2.12. The summed E-state index contributed by atoms with van der Waals surface area (Å²) < 4.78 is 0. The van der Waals surface area contributed by atoms with Crippen molar-refractivity contribution < 1.29 is 4.79 Å². The largest absolute Gasteiger partial charge is 0.326 e. The number of rotatable bonds is 8.